The molecular weight excluding hydrogens is 370 g/mol. The van der Waals surface area contributed by atoms with Crippen LogP contribution in [-0.2, 0) is 20.1 Å². The Kier molecular flexibility index (Phi) is 5.02. The molecule has 0 bridgehead atoms. The van der Waals surface area contributed by atoms with Crippen molar-refractivity contribution in [2.45, 2.75) is 25.2 Å². The predicted octanol–water partition coefficient (Wildman–Crippen LogP) is 1.28. The molecule has 10 nitrogen and oxygen atoms in total. The van der Waals surface area contributed by atoms with Crippen LogP contribution < -0.4 is 20.7 Å². The number of rotatable bonds is 6. The van der Waals surface area contributed by atoms with E-state index in [0.29, 0.717) is 5.75 Å². The number of carbonyl (C=O) groups is 2. The average molecular weight is 391 g/mol. The number of benzene rings is 1. The molecule has 1 saturated heterocycles. The number of nitrogens with one attached hydrogen (secondary N) is 1. The van der Waals surface area contributed by atoms with E-state index in [4.69, 9.17) is 29.3 Å². The van der Waals surface area contributed by atoms with Crippen molar-refractivity contribution < 1.29 is 33.2 Å². The van der Waals surface area contributed by atoms with Gasteiger partial charge in [-0.05, 0) is 38.1 Å². The van der Waals surface area contributed by atoms with Crippen LogP contribution in [0.5, 0.6) is 11.5 Å². The molecule has 10 heteroatoms. The van der Waals surface area contributed by atoms with Crippen LogP contribution in [-0.4, -0.2) is 36.9 Å². The lowest BCUT2D eigenvalue weighted by Crippen LogP contribution is -2.60. The summed E-state index contributed by atoms with van der Waals surface area (Å²) >= 11 is 0. The number of nitrogens with zero attached hydrogens (tertiary/aromatic N) is 1. The zero-order valence-electron chi connectivity index (χ0n) is 15.8. The summed E-state index contributed by atoms with van der Waals surface area (Å²) in [6.45, 7) is 3.19. The molecule has 1 aliphatic heterocycles. The molecule has 3 rings (SSSR count). The first kappa shape index (κ1) is 19.7. The fourth-order valence-corrected chi connectivity index (χ4v) is 2.93. The van der Waals surface area contributed by atoms with Crippen LogP contribution in [0.15, 0.2) is 41.0 Å². The largest absolute Gasteiger partial charge is 0.497 e. The van der Waals surface area contributed by atoms with Gasteiger partial charge < -0.3 is 24.5 Å². The lowest BCUT2D eigenvalue weighted by atomic mass is 9.96. The number of hydrogen-bond donors (Lipinski definition) is 2. The highest BCUT2D eigenvalue weighted by Crippen LogP contribution is 2.43. The summed E-state index contributed by atoms with van der Waals surface area (Å²) in [7, 11) is 2.92. The number of methoxy groups -OCH3 is 2. The molecular formula is C18H21N3O7. The molecule has 0 aliphatic carbocycles. The summed E-state index contributed by atoms with van der Waals surface area (Å²) in [5, 5.41) is 1.04. The van der Waals surface area contributed by atoms with Gasteiger partial charge >= 0.3 is 5.97 Å². The van der Waals surface area contributed by atoms with Crippen molar-refractivity contribution in [3.05, 3.63) is 47.9 Å². The van der Waals surface area contributed by atoms with Crippen LogP contribution in [0.2, 0.25) is 0 Å². The Hall–Kier alpha value is -3.08. The maximum absolute atomic E-state index is 12.6. The van der Waals surface area contributed by atoms with Crippen molar-refractivity contribution in [1.82, 2.24) is 10.5 Å². The summed E-state index contributed by atoms with van der Waals surface area (Å²) in [4.78, 5) is 36.2. The van der Waals surface area contributed by atoms with Gasteiger partial charge in [0.2, 0.25) is 11.4 Å². The van der Waals surface area contributed by atoms with Gasteiger partial charge in [0.1, 0.15) is 11.5 Å². The molecule has 1 unspecified atom stereocenters. The molecule has 0 saturated carbocycles. The van der Waals surface area contributed by atoms with E-state index in [0.717, 1.165) is 5.06 Å². The normalized spacial score (nSPS) is 21.3. The highest BCUT2D eigenvalue weighted by molar-refractivity contribution is 5.89. The highest BCUT2D eigenvalue weighted by Gasteiger charge is 2.61. The van der Waals surface area contributed by atoms with E-state index >= 15 is 0 Å². The van der Waals surface area contributed by atoms with E-state index < -0.39 is 23.3 Å². The minimum Gasteiger partial charge on any atom is -0.497 e. The van der Waals surface area contributed by atoms with Gasteiger partial charge in [-0.2, -0.15) is 5.48 Å². The molecule has 0 spiro atoms. The van der Waals surface area contributed by atoms with E-state index in [1.165, 1.54) is 32.6 Å². The summed E-state index contributed by atoms with van der Waals surface area (Å²) in [6, 6.07) is 7.71. The maximum atomic E-state index is 12.6. The van der Waals surface area contributed by atoms with Crippen molar-refractivity contribution in [1.29, 1.82) is 0 Å². The van der Waals surface area contributed by atoms with Crippen LogP contribution in [0.4, 0.5) is 0 Å². The summed E-state index contributed by atoms with van der Waals surface area (Å²) in [6.07, 6.45) is 1.33. The number of nitrogens with two attached hydrogens (primary N) is 1. The van der Waals surface area contributed by atoms with Gasteiger partial charge in [0.15, 0.2) is 5.72 Å². The predicted molar refractivity (Wildman–Crippen MR) is 94.7 cm³/mol. The molecule has 2 aromatic rings. The molecule has 28 heavy (non-hydrogen) atoms. The standard InChI is InChI=1S/C18H21N3O7/c1-17(2)21(27-15(22)13-6-5-9-26-13)18(16(19)23,20-28-17)12-8-7-11(24-3)10-14(12)25-4/h5-10,20H,1-4H3,(H2,19,23). The number of carbonyl (C=O) groups excluding carboxylic acids is 2. The van der Waals surface area contributed by atoms with Gasteiger partial charge in [-0.3, -0.25) is 9.63 Å². The first-order chi connectivity index (χ1) is 13.3. The minimum absolute atomic E-state index is 0.0530. The molecule has 1 fully saturated rings. The third kappa shape index (κ3) is 3.07. The number of hydrogen-bond acceptors (Lipinski definition) is 9. The third-order valence-electron chi connectivity index (χ3n) is 4.29. The second kappa shape index (κ2) is 7.15. The first-order valence-electron chi connectivity index (χ1n) is 8.30. The Balaban J connectivity index is 2.12. The van der Waals surface area contributed by atoms with Gasteiger partial charge in [0.25, 0.3) is 5.91 Å². The molecule has 1 aromatic heterocycles. The smallest absolute Gasteiger partial charge is 0.393 e. The number of hydroxylamine groups is 3. The zero-order chi connectivity index (χ0) is 20.5. The van der Waals surface area contributed by atoms with Gasteiger partial charge in [-0.1, -0.05) is 5.06 Å². The van der Waals surface area contributed by atoms with E-state index in [1.807, 2.05) is 0 Å². The summed E-state index contributed by atoms with van der Waals surface area (Å²) in [5.74, 6) is -0.997. The topological polar surface area (TPSA) is 125 Å². The molecule has 0 radical (unpaired) electrons. The monoisotopic (exact) mass is 391 g/mol. The van der Waals surface area contributed by atoms with E-state index in [1.54, 1.807) is 32.0 Å². The van der Waals surface area contributed by atoms with E-state index in [9.17, 15) is 9.59 Å². The number of primary amides is 1. The Bertz CT molecular complexity index is 881. The molecule has 1 aromatic carbocycles. The Labute approximate surface area is 161 Å². The maximum Gasteiger partial charge on any atom is 0.393 e. The third-order valence-corrected chi connectivity index (χ3v) is 4.29. The number of ether oxygens (including phenoxy) is 2. The van der Waals surface area contributed by atoms with Crippen LogP contribution in [0, 0.1) is 0 Å². The average Bonchev–Trinajstić information content (AvgIpc) is 3.29. The number of amides is 1. The second-order valence-corrected chi connectivity index (χ2v) is 6.44. The molecule has 1 amide bonds. The van der Waals surface area contributed by atoms with E-state index in [-0.39, 0.29) is 17.1 Å². The second-order valence-electron chi connectivity index (χ2n) is 6.44. The Morgan fingerprint density at radius 1 is 1.18 bits per heavy atom. The van der Waals surface area contributed by atoms with Crippen LogP contribution in [0.3, 0.4) is 0 Å². The lowest BCUT2D eigenvalue weighted by Gasteiger charge is -2.36. The molecule has 1 atom stereocenters. The fourth-order valence-electron chi connectivity index (χ4n) is 2.93. The van der Waals surface area contributed by atoms with Gasteiger partial charge in [0.05, 0.1) is 20.5 Å². The number of furan rings is 1. The SMILES string of the molecule is COc1ccc(C2(C(N)=O)NOC(C)(C)N2OC(=O)c2ccco2)c(OC)c1. The highest BCUT2D eigenvalue weighted by atomic mass is 16.8. The Morgan fingerprint density at radius 3 is 2.50 bits per heavy atom. The first-order valence-corrected chi connectivity index (χ1v) is 8.30. The Morgan fingerprint density at radius 2 is 1.93 bits per heavy atom. The van der Waals surface area contributed by atoms with E-state index in [2.05, 4.69) is 5.48 Å². The molecule has 1 aliphatic rings. The van der Waals surface area contributed by atoms with Gasteiger partial charge in [-0.15, -0.1) is 0 Å². The van der Waals surface area contributed by atoms with Crippen LogP contribution in [0.1, 0.15) is 30.0 Å². The quantitative estimate of drug-likeness (QED) is 0.749. The van der Waals surface area contributed by atoms with Gasteiger partial charge in [-0.25, -0.2) is 4.79 Å². The zero-order valence-corrected chi connectivity index (χ0v) is 15.8. The minimum atomic E-state index is -1.87. The van der Waals surface area contributed by atoms with Crippen molar-refractivity contribution in [3.8, 4) is 11.5 Å². The van der Waals surface area contributed by atoms with Crippen molar-refractivity contribution in [3.63, 3.8) is 0 Å². The van der Waals surface area contributed by atoms with Crippen LogP contribution in [0.25, 0.3) is 0 Å². The summed E-state index contributed by atoms with van der Waals surface area (Å²) < 4.78 is 15.7. The van der Waals surface area contributed by atoms with Crippen LogP contribution >= 0.6 is 0 Å². The van der Waals surface area contributed by atoms with Crippen molar-refractivity contribution in [2.75, 3.05) is 14.2 Å². The molecule has 2 heterocycles. The summed E-state index contributed by atoms with van der Waals surface area (Å²) in [5.41, 5.74) is 5.48. The lowest BCUT2D eigenvalue weighted by molar-refractivity contribution is -0.239. The molecule has 150 valence electrons. The van der Waals surface area contributed by atoms with Gasteiger partial charge in [0, 0.05) is 11.6 Å². The molecule has 3 N–H and O–H groups in total. The fraction of sp³-hybridized carbons (Fsp3) is 0.333. The van der Waals surface area contributed by atoms with Crippen molar-refractivity contribution >= 4 is 11.9 Å². The van der Waals surface area contributed by atoms with Crippen molar-refractivity contribution in [2.24, 2.45) is 5.73 Å².